The average Bonchev–Trinajstić information content (AvgIpc) is 2.70. The van der Waals surface area contributed by atoms with Crippen LogP contribution in [0.15, 0.2) is 47.4 Å². The third-order valence-electron chi connectivity index (χ3n) is 4.82. The van der Waals surface area contributed by atoms with Crippen molar-refractivity contribution in [2.45, 2.75) is 32.6 Å². The highest BCUT2D eigenvalue weighted by molar-refractivity contribution is 7.89. The van der Waals surface area contributed by atoms with Crippen LogP contribution in [0.5, 0.6) is 0 Å². The predicted octanol–water partition coefficient (Wildman–Crippen LogP) is 3.04. The summed E-state index contributed by atoms with van der Waals surface area (Å²) >= 11 is 0. The summed E-state index contributed by atoms with van der Waals surface area (Å²) in [6, 6.07) is 11.7. The maximum atomic E-state index is 12.8. The van der Waals surface area contributed by atoms with Crippen LogP contribution in [0.1, 0.15) is 35.3 Å². The molecule has 0 aromatic heterocycles. The second kappa shape index (κ2) is 9.86. The van der Waals surface area contributed by atoms with Crippen LogP contribution in [-0.2, 0) is 14.8 Å². The van der Waals surface area contributed by atoms with Crippen molar-refractivity contribution >= 4 is 27.5 Å². The molecule has 8 heteroatoms. The van der Waals surface area contributed by atoms with Gasteiger partial charge in [0.25, 0.3) is 5.91 Å². The van der Waals surface area contributed by atoms with E-state index in [0.717, 1.165) is 11.1 Å². The van der Waals surface area contributed by atoms with Crippen molar-refractivity contribution in [2.24, 2.45) is 0 Å². The van der Waals surface area contributed by atoms with Gasteiger partial charge in [0.2, 0.25) is 15.9 Å². The highest BCUT2D eigenvalue weighted by atomic mass is 32.2. The Labute approximate surface area is 178 Å². The minimum Gasteiger partial charge on any atom is -0.332 e. The van der Waals surface area contributed by atoms with Crippen LogP contribution in [0.2, 0.25) is 0 Å². The highest BCUT2D eigenvalue weighted by Gasteiger charge is 2.23. The maximum Gasteiger partial charge on any atom is 0.254 e. The van der Waals surface area contributed by atoms with Gasteiger partial charge in [-0.15, -0.1) is 0 Å². The van der Waals surface area contributed by atoms with Crippen molar-refractivity contribution < 1.29 is 18.0 Å². The first kappa shape index (κ1) is 23.6. The Kier molecular flexibility index (Phi) is 7.75. The van der Waals surface area contributed by atoms with Crippen molar-refractivity contribution in [3.63, 3.8) is 0 Å². The summed E-state index contributed by atoms with van der Waals surface area (Å²) in [5.74, 6) is -0.755. The number of carbonyl (C=O) groups is 2. The Morgan fingerprint density at radius 1 is 1.00 bits per heavy atom. The Hall–Kier alpha value is -2.71. The van der Waals surface area contributed by atoms with E-state index >= 15 is 0 Å². The maximum absolute atomic E-state index is 12.8. The van der Waals surface area contributed by atoms with Crippen molar-refractivity contribution in [1.29, 1.82) is 0 Å². The van der Waals surface area contributed by atoms with Gasteiger partial charge in [-0.25, -0.2) is 8.42 Å². The van der Waals surface area contributed by atoms with Gasteiger partial charge >= 0.3 is 0 Å². The van der Waals surface area contributed by atoms with E-state index in [2.05, 4.69) is 5.32 Å². The summed E-state index contributed by atoms with van der Waals surface area (Å²) in [6.45, 7) is 7.89. The molecule has 0 saturated heterocycles. The molecular formula is C22H29N3O4S. The summed E-state index contributed by atoms with van der Waals surface area (Å²) in [4.78, 5) is 26.5. The van der Waals surface area contributed by atoms with Gasteiger partial charge in [-0.2, -0.15) is 4.31 Å². The lowest BCUT2D eigenvalue weighted by molar-refractivity contribution is -0.116. The van der Waals surface area contributed by atoms with E-state index in [1.54, 1.807) is 19.9 Å². The number of anilines is 1. The molecule has 2 aromatic carbocycles. The van der Waals surface area contributed by atoms with Crippen LogP contribution in [0.25, 0.3) is 0 Å². The zero-order chi connectivity index (χ0) is 22.5. The van der Waals surface area contributed by atoms with Crippen LogP contribution in [-0.4, -0.2) is 56.1 Å². The summed E-state index contributed by atoms with van der Waals surface area (Å²) < 4.78 is 26.8. The molecule has 30 heavy (non-hydrogen) atoms. The van der Waals surface area contributed by atoms with Gasteiger partial charge in [0.05, 0.1) is 11.4 Å². The lowest BCUT2D eigenvalue weighted by atomic mass is 10.1. The number of nitrogens with one attached hydrogen (secondary N) is 1. The Morgan fingerprint density at radius 2 is 1.67 bits per heavy atom. The molecule has 0 unspecified atom stereocenters. The number of hydrogen-bond acceptors (Lipinski definition) is 4. The average molecular weight is 432 g/mol. The lowest BCUT2D eigenvalue weighted by Crippen LogP contribution is -2.35. The van der Waals surface area contributed by atoms with Gasteiger partial charge in [-0.1, -0.05) is 32.0 Å². The summed E-state index contributed by atoms with van der Waals surface area (Å²) in [5, 5.41) is 2.82. The van der Waals surface area contributed by atoms with Crippen LogP contribution in [0, 0.1) is 13.8 Å². The molecule has 0 aliphatic carbocycles. The van der Waals surface area contributed by atoms with Crippen LogP contribution >= 0.6 is 0 Å². The lowest BCUT2D eigenvalue weighted by Gasteiger charge is -2.20. The third kappa shape index (κ3) is 5.46. The molecule has 0 aliphatic heterocycles. The van der Waals surface area contributed by atoms with E-state index in [-0.39, 0.29) is 22.9 Å². The molecule has 0 atom stereocenters. The van der Waals surface area contributed by atoms with Crippen LogP contribution < -0.4 is 5.32 Å². The minimum absolute atomic E-state index is 0.0605. The molecule has 0 radical (unpaired) electrons. The summed E-state index contributed by atoms with van der Waals surface area (Å²) in [6.07, 6.45) is 0. The quantitative estimate of drug-likeness (QED) is 0.696. The predicted molar refractivity (Wildman–Crippen MR) is 118 cm³/mol. The molecular weight excluding hydrogens is 402 g/mol. The fourth-order valence-corrected chi connectivity index (χ4v) is 4.57. The smallest absolute Gasteiger partial charge is 0.254 e. The van der Waals surface area contributed by atoms with Gasteiger partial charge in [0.1, 0.15) is 0 Å². The van der Waals surface area contributed by atoms with Crippen LogP contribution in [0.4, 0.5) is 5.69 Å². The first-order valence-electron chi connectivity index (χ1n) is 9.82. The number of likely N-dealkylation sites (N-methyl/N-ethyl adjacent to an activating group) is 1. The van der Waals surface area contributed by atoms with Crippen molar-refractivity contribution in [3.8, 4) is 0 Å². The second-order valence-corrected chi connectivity index (χ2v) is 9.08. The van der Waals surface area contributed by atoms with Gasteiger partial charge in [-0.05, 0) is 49.2 Å². The highest BCUT2D eigenvalue weighted by Crippen LogP contribution is 2.19. The molecule has 162 valence electrons. The Balaban J connectivity index is 2.14. The fraction of sp³-hybridized carbons (Fsp3) is 0.364. The molecule has 2 aromatic rings. The number of carbonyl (C=O) groups excluding carboxylic acids is 2. The van der Waals surface area contributed by atoms with Gasteiger partial charge in [-0.3, -0.25) is 9.59 Å². The Morgan fingerprint density at radius 3 is 2.30 bits per heavy atom. The first-order valence-corrected chi connectivity index (χ1v) is 11.3. The van der Waals surface area contributed by atoms with E-state index < -0.39 is 15.9 Å². The van der Waals surface area contributed by atoms with Crippen molar-refractivity contribution in [3.05, 3.63) is 59.2 Å². The monoisotopic (exact) mass is 431 g/mol. The first-order chi connectivity index (χ1) is 14.1. The van der Waals surface area contributed by atoms with Crippen molar-refractivity contribution in [2.75, 3.05) is 32.0 Å². The van der Waals surface area contributed by atoms with Gasteiger partial charge in [0.15, 0.2) is 0 Å². The zero-order valence-corrected chi connectivity index (χ0v) is 18.9. The largest absolute Gasteiger partial charge is 0.332 e. The van der Waals surface area contributed by atoms with Gasteiger partial charge < -0.3 is 10.2 Å². The number of amides is 2. The van der Waals surface area contributed by atoms with Crippen molar-refractivity contribution in [1.82, 2.24) is 9.21 Å². The van der Waals surface area contributed by atoms with Gasteiger partial charge in [0, 0.05) is 31.4 Å². The summed E-state index contributed by atoms with van der Waals surface area (Å²) in [7, 11) is -2.16. The topological polar surface area (TPSA) is 86.8 Å². The normalized spacial score (nSPS) is 11.4. The van der Waals surface area contributed by atoms with E-state index in [0.29, 0.717) is 18.8 Å². The standard InChI is InChI=1S/C22H29N3O4S/c1-6-25(7-2)30(28,29)19-10-8-9-18(14-19)22(27)24(5)15-21(26)23-20-13-16(3)11-12-17(20)4/h8-14H,6-7,15H2,1-5H3,(H,23,26). The number of sulfonamides is 1. The fourth-order valence-electron chi connectivity index (χ4n) is 3.07. The van der Waals surface area contributed by atoms with Crippen LogP contribution in [0.3, 0.4) is 0 Å². The summed E-state index contributed by atoms with van der Waals surface area (Å²) in [5.41, 5.74) is 2.86. The molecule has 2 rings (SSSR count). The SMILES string of the molecule is CCN(CC)S(=O)(=O)c1cccc(C(=O)N(C)CC(=O)Nc2cc(C)ccc2C)c1. The molecule has 0 saturated carbocycles. The molecule has 7 nitrogen and oxygen atoms in total. The number of aryl methyl sites for hydroxylation is 2. The second-order valence-electron chi connectivity index (χ2n) is 7.14. The van der Waals surface area contributed by atoms with E-state index in [1.165, 1.54) is 34.5 Å². The number of nitrogens with zero attached hydrogens (tertiary/aromatic N) is 2. The zero-order valence-electron chi connectivity index (χ0n) is 18.1. The Bertz CT molecular complexity index is 1030. The molecule has 0 bridgehead atoms. The number of benzene rings is 2. The molecule has 1 N–H and O–H groups in total. The van der Waals surface area contributed by atoms with E-state index in [9.17, 15) is 18.0 Å². The minimum atomic E-state index is -3.67. The van der Waals surface area contributed by atoms with E-state index in [1.807, 2.05) is 32.0 Å². The number of hydrogen-bond donors (Lipinski definition) is 1. The van der Waals surface area contributed by atoms with E-state index in [4.69, 9.17) is 0 Å². The molecule has 0 aliphatic rings. The molecule has 0 heterocycles. The molecule has 2 amide bonds. The molecule has 0 fully saturated rings. The number of rotatable bonds is 8. The molecule has 0 spiro atoms. The third-order valence-corrected chi connectivity index (χ3v) is 6.86.